The van der Waals surface area contributed by atoms with Gasteiger partial charge in [-0.1, -0.05) is 0 Å². The lowest BCUT2D eigenvalue weighted by Crippen LogP contribution is -2.67. The number of aliphatic hydroxyl groups is 6. The van der Waals surface area contributed by atoms with Gasteiger partial charge in [-0.2, -0.15) is 0 Å². The zero-order valence-electron chi connectivity index (χ0n) is 27.6. The number of carbonyl (C=O) groups excluding carboxylic acids is 4. The number of hydrogen-bond acceptors (Lipinski definition) is 22. The Morgan fingerprint density at radius 3 is 0.625 bits per heavy atom. The third-order valence-electron chi connectivity index (χ3n) is 8.57. The van der Waals surface area contributed by atoms with Crippen molar-refractivity contribution in [1.82, 2.24) is 0 Å². The summed E-state index contributed by atoms with van der Waals surface area (Å²) in [7, 11) is 0. The minimum atomic E-state index is -4.29. The van der Waals surface area contributed by atoms with Gasteiger partial charge in [-0.25, -0.2) is 0 Å². The quantitative estimate of drug-likeness (QED) is 0.0391. The van der Waals surface area contributed by atoms with Gasteiger partial charge in [0.1, 0.15) is 24.4 Å². The van der Waals surface area contributed by atoms with E-state index in [0.717, 1.165) is 0 Å². The highest BCUT2D eigenvalue weighted by atomic mass is 16.4. The summed E-state index contributed by atoms with van der Waals surface area (Å²) in [4.78, 5) is 55.1. The summed E-state index contributed by atoms with van der Waals surface area (Å²) in [6.45, 7) is 0. The zero-order chi connectivity index (χ0) is 42.5. The summed E-state index contributed by atoms with van der Waals surface area (Å²) in [5, 5.41) is 187. The Kier molecular flexibility index (Phi) is 10.9. The van der Waals surface area contributed by atoms with E-state index in [1.807, 2.05) is 0 Å². The SMILES string of the molecule is O=C(c1cc(O)c(O)c(O)c1)C(O)(C(=O)c1cc(O)c(O)c(O)c1)[C@H](O)[C@@H](O)[C@H](O)[C@H](O)C(O)(C(=O)c1cc(O)c(O)c(O)c1)C(=O)c1cc(O)c(O)c(O)c1. The molecule has 18 N–H and O–H groups in total. The molecule has 0 heterocycles. The monoisotopic (exact) mass is 790 g/mol. The van der Waals surface area contributed by atoms with Crippen LogP contribution < -0.4 is 0 Å². The normalized spacial score (nSPS) is 14.0. The predicted octanol–water partition coefficient (Wildman–Crippen LogP) is -2.11. The molecule has 22 heteroatoms. The van der Waals surface area contributed by atoms with Gasteiger partial charge in [0.2, 0.25) is 34.3 Å². The predicted molar refractivity (Wildman–Crippen MR) is 177 cm³/mol. The summed E-state index contributed by atoms with van der Waals surface area (Å²) in [6, 6.07) is 2.39. The van der Waals surface area contributed by atoms with Crippen molar-refractivity contribution in [2.45, 2.75) is 35.6 Å². The number of ketones is 4. The lowest BCUT2D eigenvalue weighted by molar-refractivity contribution is -0.164. The Labute approximate surface area is 309 Å². The van der Waals surface area contributed by atoms with Crippen LogP contribution in [0.2, 0.25) is 0 Å². The number of carbonyl (C=O) groups is 4. The third kappa shape index (κ3) is 6.77. The maximum atomic E-state index is 13.8. The van der Waals surface area contributed by atoms with Gasteiger partial charge in [0.05, 0.1) is 0 Å². The Hall–Kier alpha value is -7.08. The summed E-state index contributed by atoms with van der Waals surface area (Å²) in [6.07, 6.45) is -14.0. The fourth-order valence-electron chi connectivity index (χ4n) is 5.43. The smallest absolute Gasteiger partial charge is 0.219 e. The first-order valence-corrected chi connectivity index (χ1v) is 15.2. The Balaban J connectivity index is 1.92. The number of Topliss-reactive ketones (excluding diaryl/α,β-unsaturated/α-hetero) is 4. The van der Waals surface area contributed by atoms with Crippen molar-refractivity contribution in [3.63, 3.8) is 0 Å². The molecule has 0 radical (unpaired) electrons. The van der Waals surface area contributed by atoms with Gasteiger partial charge in [-0.05, 0) is 48.5 Å². The maximum Gasteiger partial charge on any atom is 0.219 e. The summed E-state index contributed by atoms with van der Waals surface area (Å²) in [5.41, 5.74) is -13.2. The molecule has 0 unspecified atom stereocenters. The van der Waals surface area contributed by atoms with Crippen molar-refractivity contribution in [3.05, 3.63) is 70.8 Å². The van der Waals surface area contributed by atoms with Crippen molar-refractivity contribution in [2.24, 2.45) is 0 Å². The molecule has 56 heavy (non-hydrogen) atoms. The summed E-state index contributed by atoms with van der Waals surface area (Å²) < 4.78 is 0. The minimum Gasteiger partial charge on any atom is -0.504 e. The van der Waals surface area contributed by atoms with Crippen LogP contribution in [0.1, 0.15) is 41.4 Å². The molecule has 0 aliphatic carbocycles. The molecule has 4 aromatic carbocycles. The van der Waals surface area contributed by atoms with Crippen LogP contribution in [0.4, 0.5) is 0 Å². The van der Waals surface area contributed by atoms with Crippen molar-refractivity contribution in [1.29, 1.82) is 0 Å². The van der Waals surface area contributed by atoms with E-state index in [4.69, 9.17) is 0 Å². The lowest BCUT2D eigenvalue weighted by Gasteiger charge is -2.39. The Morgan fingerprint density at radius 1 is 0.339 bits per heavy atom. The van der Waals surface area contributed by atoms with E-state index in [2.05, 4.69) is 0 Å². The van der Waals surface area contributed by atoms with E-state index in [1.54, 1.807) is 0 Å². The number of aromatic hydroxyl groups is 12. The Morgan fingerprint density at radius 2 is 0.482 bits per heavy atom. The molecule has 298 valence electrons. The van der Waals surface area contributed by atoms with E-state index in [0.29, 0.717) is 48.5 Å². The first-order chi connectivity index (χ1) is 25.8. The number of rotatable bonds is 13. The molecule has 4 aromatic rings. The second-order valence-corrected chi connectivity index (χ2v) is 12.2. The fraction of sp³-hybridized carbons (Fsp3) is 0.176. The first-order valence-electron chi connectivity index (χ1n) is 15.2. The number of hydrogen-bond donors (Lipinski definition) is 18. The van der Waals surface area contributed by atoms with Crippen LogP contribution in [0.5, 0.6) is 69.0 Å². The molecule has 0 spiro atoms. The van der Waals surface area contributed by atoms with Gasteiger partial charge in [-0.3, -0.25) is 19.2 Å². The van der Waals surface area contributed by atoms with E-state index in [9.17, 15) is 111 Å². The fourth-order valence-corrected chi connectivity index (χ4v) is 5.43. The molecule has 4 rings (SSSR count). The standard InChI is InChI=1S/C34H30O22/c35-13-1-9(2-14(36)21(13)43)27(49)33(55,28(50)10-3-15(37)22(44)16(38)4-10)31(53)25(47)26(48)32(54)34(56,29(51)11-5-17(39)23(45)18(40)6-11)30(52)12-7-19(41)24(46)20(42)8-12/h1-8,25-26,31-32,35-48,53-56H/t25-,26-,31-,32+/m0/s1. The third-order valence-corrected chi connectivity index (χ3v) is 8.57. The molecule has 0 aliphatic rings. The molecule has 22 nitrogen and oxygen atoms in total. The molecule has 0 bridgehead atoms. The summed E-state index contributed by atoms with van der Waals surface area (Å²) in [5.74, 6) is -23.8. The van der Waals surface area contributed by atoms with E-state index in [-0.39, 0.29) is 0 Å². The highest BCUT2D eigenvalue weighted by Gasteiger charge is 2.60. The van der Waals surface area contributed by atoms with Gasteiger partial charge in [0.15, 0.2) is 69.0 Å². The number of phenolic OH excluding ortho intramolecular Hbond substituents is 12. The van der Waals surface area contributed by atoms with Crippen LogP contribution in [-0.2, 0) is 0 Å². The number of phenols is 12. The molecule has 0 amide bonds. The second kappa shape index (κ2) is 14.6. The number of aliphatic hydroxyl groups excluding tert-OH is 4. The van der Waals surface area contributed by atoms with Crippen LogP contribution in [0.25, 0.3) is 0 Å². The van der Waals surface area contributed by atoms with Crippen LogP contribution >= 0.6 is 0 Å². The second-order valence-electron chi connectivity index (χ2n) is 12.2. The molecule has 0 saturated heterocycles. The minimum absolute atomic E-state index is 0.298. The van der Waals surface area contributed by atoms with Gasteiger partial charge in [-0.15, -0.1) is 0 Å². The van der Waals surface area contributed by atoms with Gasteiger partial charge >= 0.3 is 0 Å². The molecule has 0 aliphatic heterocycles. The van der Waals surface area contributed by atoms with Gasteiger partial charge in [0.25, 0.3) is 0 Å². The molecular formula is C34H30O22. The van der Waals surface area contributed by atoms with Crippen molar-refractivity contribution < 1.29 is 111 Å². The van der Waals surface area contributed by atoms with Crippen LogP contribution in [0, 0.1) is 0 Å². The zero-order valence-corrected chi connectivity index (χ0v) is 27.6. The largest absolute Gasteiger partial charge is 0.504 e. The molecule has 0 aromatic heterocycles. The van der Waals surface area contributed by atoms with E-state index >= 15 is 0 Å². The van der Waals surface area contributed by atoms with Crippen LogP contribution in [-0.4, -0.2) is 151 Å². The lowest BCUT2D eigenvalue weighted by atomic mass is 9.74. The van der Waals surface area contributed by atoms with E-state index < -0.39 is 150 Å². The molecule has 0 saturated carbocycles. The average Bonchev–Trinajstić information content (AvgIpc) is 3.16. The highest BCUT2D eigenvalue weighted by molar-refractivity contribution is 6.24. The molecule has 4 atom stereocenters. The Bertz CT molecular complexity index is 1890. The van der Waals surface area contributed by atoms with Crippen molar-refractivity contribution >= 4 is 23.1 Å². The highest BCUT2D eigenvalue weighted by Crippen LogP contribution is 2.42. The number of benzene rings is 4. The van der Waals surface area contributed by atoms with Crippen molar-refractivity contribution in [3.8, 4) is 69.0 Å². The molecule has 0 fully saturated rings. The topological polar surface area (TPSA) is 432 Å². The average molecular weight is 791 g/mol. The van der Waals surface area contributed by atoms with E-state index in [1.165, 1.54) is 0 Å². The van der Waals surface area contributed by atoms with Crippen LogP contribution in [0.15, 0.2) is 48.5 Å². The van der Waals surface area contributed by atoms with Crippen molar-refractivity contribution in [2.75, 3.05) is 0 Å². The maximum absolute atomic E-state index is 13.8. The van der Waals surface area contributed by atoms with Gasteiger partial charge in [0, 0.05) is 22.3 Å². The van der Waals surface area contributed by atoms with Gasteiger partial charge < -0.3 is 91.9 Å². The molecular weight excluding hydrogens is 760 g/mol. The van der Waals surface area contributed by atoms with Crippen LogP contribution in [0.3, 0.4) is 0 Å². The first kappa shape index (κ1) is 41.7. The summed E-state index contributed by atoms with van der Waals surface area (Å²) >= 11 is 0.